The summed E-state index contributed by atoms with van der Waals surface area (Å²) in [5.74, 6) is -1.52. The van der Waals surface area contributed by atoms with E-state index in [9.17, 15) is 22.4 Å². The molecule has 0 saturated carbocycles. The van der Waals surface area contributed by atoms with Crippen molar-refractivity contribution in [3.8, 4) is 0 Å². The number of hydrogen-bond donors (Lipinski definition) is 1. The van der Waals surface area contributed by atoms with E-state index in [4.69, 9.17) is 23.2 Å². The molecule has 11 heteroatoms. The molecule has 1 atom stereocenters. The fourth-order valence-electron chi connectivity index (χ4n) is 4.23. The first-order valence-electron chi connectivity index (χ1n) is 13.3. The molecular formula is C30H34Cl2FN3O4S. The number of hydrogen-bond acceptors (Lipinski definition) is 4. The highest BCUT2D eigenvalue weighted by Gasteiger charge is 2.33. The number of anilines is 1. The van der Waals surface area contributed by atoms with Gasteiger partial charge in [-0.2, -0.15) is 0 Å². The standard InChI is InChI=1S/C30H34Cl2FN3O4S/c1-4-6-17-34-30(38)28(5-2)35(19-22-9-16-26(31)27(32)18-22)29(37)20-36(24-12-7-21(3)8-13-24)41(39,40)25-14-10-23(33)11-15-25/h7-16,18,28H,4-6,17,19-20H2,1-3H3,(H,34,38)/t28-/m1/s1. The van der Waals surface area contributed by atoms with Gasteiger partial charge in [0.2, 0.25) is 11.8 Å². The molecule has 220 valence electrons. The van der Waals surface area contributed by atoms with Gasteiger partial charge in [-0.05, 0) is 73.9 Å². The molecule has 0 heterocycles. The van der Waals surface area contributed by atoms with Crippen molar-refractivity contribution in [3.63, 3.8) is 0 Å². The summed E-state index contributed by atoms with van der Waals surface area (Å²) >= 11 is 12.3. The summed E-state index contributed by atoms with van der Waals surface area (Å²) in [4.78, 5) is 28.5. The highest BCUT2D eigenvalue weighted by Crippen LogP contribution is 2.27. The second kappa shape index (κ2) is 14.7. The largest absolute Gasteiger partial charge is 0.354 e. The van der Waals surface area contributed by atoms with Gasteiger partial charge in [0.25, 0.3) is 10.0 Å². The first-order chi connectivity index (χ1) is 19.5. The molecule has 0 saturated heterocycles. The molecule has 0 spiro atoms. The predicted octanol–water partition coefficient (Wildman–Crippen LogP) is 6.36. The van der Waals surface area contributed by atoms with Crippen molar-refractivity contribution in [1.29, 1.82) is 0 Å². The molecule has 0 fully saturated rings. The van der Waals surface area contributed by atoms with E-state index in [0.29, 0.717) is 23.6 Å². The normalized spacial score (nSPS) is 12.0. The Morgan fingerprint density at radius 3 is 2.20 bits per heavy atom. The summed E-state index contributed by atoms with van der Waals surface area (Å²) in [7, 11) is -4.29. The number of aryl methyl sites for hydroxylation is 1. The SMILES string of the molecule is CCCCNC(=O)[C@@H](CC)N(Cc1ccc(Cl)c(Cl)c1)C(=O)CN(c1ccc(C)cc1)S(=O)(=O)c1ccc(F)cc1. The van der Waals surface area contributed by atoms with Crippen LogP contribution in [-0.2, 0) is 26.2 Å². The van der Waals surface area contributed by atoms with E-state index in [0.717, 1.165) is 47.0 Å². The van der Waals surface area contributed by atoms with Gasteiger partial charge in [-0.25, -0.2) is 12.8 Å². The summed E-state index contributed by atoms with van der Waals surface area (Å²) in [6.07, 6.45) is 1.95. The van der Waals surface area contributed by atoms with Gasteiger partial charge in [-0.1, -0.05) is 67.2 Å². The van der Waals surface area contributed by atoms with Crippen LogP contribution in [-0.4, -0.2) is 44.3 Å². The number of unbranched alkanes of at least 4 members (excludes halogenated alkanes) is 1. The van der Waals surface area contributed by atoms with E-state index < -0.39 is 34.3 Å². The van der Waals surface area contributed by atoms with E-state index in [1.807, 2.05) is 13.8 Å². The first kappa shape index (κ1) is 32.4. The number of carbonyl (C=O) groups excluding carboxylic acids is 2. The summed E-state index contributed by atoms with van der Waals surface area (Å²) < 4.78 is 42.2. The van der Waals surface area contributed by atoms with Crippen molar-refractivity contribution >= 4 is 50.7 Å². The van der Waals surface area contributed by atoms with Gasteiger partial charge >= 0.3 is 0 Å². The van der Waals surface area contributed by atoms with Crippen LogP contribution in [0.3, 0.4) is 0 Å². The smallest absolute Gasteiger partial charge is 0.264 e. The zero-order chi connectivity index (χ0) is 30.2. The molecule has 2 amide bonds. The number of benzene rings is 3. The van der Waals surface area contributed by atoms with Crippen LogP contribution in [0.2, 0.25) is 10.0 Å². The highest BCUT2D eigenvalue weighted by molar-refractivity contribution is 7.92. The lowest BCUT2D eigenvalue weighted by Crippen LogP contribution is -2.52. The summed E-state index contributed by atoms with van der Waals surface area (Å²) in [5.41, 5.74) is 1.77. The highest BCUT2D eigenvalue weighted by atomic mass is 35.5. The van der Waals surface area contributed by atoms with Gasteiger partial charge in [0, 0.05) is 13.1 Å². The van der Waals surface area contributed by atoms with Crippen molar-refractivity contribution in [2.24, 2.45) is 0 Å². The number of nitrogens with zero attached hydrogens (tertiary/aromatic N) is 2. The van der Waals surface area contributed by atoms with Gasteiger partial charge in [-0.15, -0.1) is 0 Å². The summed E-state index contributed by atoms with van der Waals surface area (Å²) in [5, 5.41) is 3.51. The Morgan fingerprint density at radius 1 is 0.951 bits per heavy atom. The molecule has 0 aliphatic carbocycles. The topological polar surface area (TPSA) is 86.8 Å². The van der Waals surface area contributed by atoms with Gasteiger partial charge in [0.1, 0.15) is 18.4 Å². The molecule has 0 radical (unpaired) electrons. The number of nitrogens with one attached hydrogen (secondary N) is 1. The third kappa shape index (κ3) is 8.44. The molecule has 0 aliphatic heterocycles. The van der Waals surface area contributed by atoms with Gasteiger partial charge in [0.15, 0.2) is 0 Å². The fourth-order valence-corrected chi connectivity index (χ4v) is 5.97. The average Bonchev–Trinajstić information content (AvgIpc) is 2.94. The van der Waals surface area contributed by atoms with E-state index >= 15 is 0 Å². The van der Waals surface area contributed by atoms with Gasteiger partial charge < -0.3 is 10.2 Å². The molecule has 7 nitrogen and oxygen atoms in total. The van der Waals surface area contributed by atoms with Crippen LogP contribution in [0, 0.1) is 12.7 Å². The number of rotatable bonds is 13. The number of amides is 2. The molecule has 0 unspecified atom stereocenters. The van der Waals surface area contributed by atoms with E-state index in [-0.39, 0.29) is 28.1 Å². The Morgan fingerprint density at radius 2 is 1.61 bits per heavy atom. The molecule has 3 aromatic rings. The fraction of sp³-hybridized carbons (Fsp3) is 0.333. The molecule has 3 rings (SSSR count). The second-order valence-corrected chi connectivity index (χ2v) is 12.3. The minimum atomic E-state index is -4.29. The van der Waals surface area contributed by atoms with E-state index in [2.05, 4.69) is 5.32 Å². The van der Waals surface area contributed by atoms with Crippen molar-refractivity contribution in [1.82, 2.24) is 10.2 Å². The lowest BCUT2D eigenvalue weighted by atomic mass is 10.1. The maximum Gasteiger partial charge on any atom is 0.264 e. The Hall–Kier alpha value is -3.14. The van der Waals surface area contributed by atoms with E-state index in [1.165, 1.54) is 4.90 Å². The number of sulfonamides is 1. The quantitative estimate of drug-likeness (QED) is 0.225. The molecule has 0 aromatic heterocycles. The maximum absolute atomic E-state index is 14.0. The molecule has 0 aliphatic rings. The van der Waals surface area contributed by atoms with Crippen LogP contribution < -0.4 is 9.62 Å². The van der Waals surface area contributed by atoms with Crippen LogP contribution in [0.1, 0.15) is 44.2 Å². The first-order valence-corrected chi connectivity index (χ1v) is 15.5. The second-order valence-electron chi connectivity index (χ2n) is 9.64. The Kier molecular flexibility index (Phi) is 11.6. The van der Waals surface area contributed by atoms with Crippen molar-refractivity contribution in [2.45, 2.75) is 57.5 Å². The molecule has 3 aromatic carbocycles. The maximum atomic E-state index is 14.0. The Bertz CT molecular complexity index is 1450. The van der Waals surface area contributed by atoms with Crippen LogP contribution in [0.25, 0.3) is 0 Å². The molecule has 0 bridgehead atoms. The Balaban J connectivity index is 2.04. The average molecular weight is 623 g/mol. The lowest BCUT2D eigenvalue weighted by molar-refractivity contribution is -0.140. The monoisotopic (exact) mass is 621 g/mol. The summed E-state index contributed by atoms with van der Waals surface area (Å²) in [6, 6.07) is 15.1. The lowest BCUT2D eigenvalue weighted by Gasteiger charge is -2.33. The van der Waals surface area contributed by atoms with Crippen LogP contribution in [0.5, 0.6) is 0 Å². The summed E-state index contributed by atoms with van der Waals surface area (Å²) in [6.45, 7) is 5.50. The van der Waals surface area contributed by atoms with E-state index in [1.54, 1.807) is 49.4 Å². The Labute approximate surface area is 251 Å². The zero-order valence-electron chi connectivity index (χ0n) is 23.2. The van der Waals surface area contributed by atoms with Crippen molar-refractivity contribution < 1.29 is 22.4 Å². The predicted molar refractivity (Wildman–Crippen MR) is 161 cm³/mol. The molecule has 1 N–H and O–H groups in total. The number of halogens is 3. The van der Waals surface area contributed by atoms with Crippen molar-refractivity contribution in [3.05, 3.63) is 93.7 Å². The van der Waals surface area contributed by atoms with Crippen molar-refractivity contribution in [2.75, 3.05) is 17.4 Å². The van der Waals surface area contributed by atoms with Crippen LogP contribution in [0.15, 0.2) is 71.6 Å². The third-order valence-corrected chi connectivity index (χ3v) is 9.08. The minimum Gasteiger partial charge on any atom is -0.354 e. The van der Waals surface area contributed by atoms with Gasteiger partial charge in [0.05, 0.1) is 20.6 Å². The minimum absolute atomic E-state index is 0.00619. The van der Waals surface area contributed by atoms with Crippen LogP contribution >= 0.6 is 23.2 Å². The number of carbonyl (C=O) groups is 2. The van der Waals surface area contributed by atoms with Crippen LogP contribution in [0.4, 0.5) is 10.1 Å². The third-order valence-electron chi connectivity index (χ3n) is 6.55. The van der Waals surface area contributed by atoms with Gasteiger partial charge in [-0.3, -0.25) is 13.9 Å². The molecular weight excluding hydrogens is 588 g/mol. The molecule has 41 heavy (non-hydrogen) atoms. The zero-order valence-corrected chi connectivity index (χ0v) is 25.6.